The van der Waals surface area contributed by atoms with E-state index in [9.17, 15) is 0 Å². The van der Waals surface area contributed by atoms with Crippen molar-refractivity contribution in [3.05, 3.63) is 28.9 Å². The Morgan fingerprint density at radius 3 is 2.48 bits per heavy atom. The Balaban J connectivity index is 1.78. The number of morpholine rings is 1. The molecule has 29 heavy (non-hydrogen) atoms. The first-order chi connectivity index (χ1) is 14.0. The lowest BCUT2D eigenvalue weighted by molar-refractivity contribution is 0.122. The van der Waals surface area contributed by atoms with Gasteiger partial charge in [-0.2, -0.15) is 9.97 Å². The quantitative estimate of drug-likeness (QED) is 0.672. The number of rotatable bonds is 5. The number of hydrogen-bond donors (Lipinski definition) is 1. The SMILES string of the molecule is Cc1cc(-c2nc(-c3cnc(N)nc3)nc(N3CCOCC3)n2)sc1CN(C)C. The summed E-state index contributed by atoms with van der Waals surface area (Å²) in [5, 5.41) is 0. The van der Waals surface area contributed by atoms with Crippen molar-refractivity contribution in [2.75, 3.05) is 51.0 Å². The second kappa shape index (κ2) is 8.36. The van der Waals surface area contributed by atoms with E-state index in [0.29, 0.717) is 36.4 Å². The summed E-state index contributed by atoms with van der Waals surface area (Å²) in [6.45, 7) is 5.82. The predicted molar refractivity (Wildman–Crippen MR) is 114 cm³/mol. The summed E-state index contributed by atoms with van der Waals surface area (Å²) in [7, 11) is 4.13. The van der Waals surface area contributed by atoms with Gasteiger partial charge < -0.3 is 20.3 Å². The van der Waals surface area contributed by atoms with Crippen LogP contribution in [0.5, 0.6) is 0 Å². The zero-order chi connectivity index (χ0) is 20.4. The molecule has 0 spiro atoms. The highest BCUT2D eigenvalue weighted by molar-refractivity contribution is 7.15. The molecule has 1 aliphatic rings. The van der Waals surface area contributed by atoms with E-state index < -0.39 is 0 Å². The molecule has 0 atom stereocenters. The van der Waals surface area contributed by atoms with Gasteiger partial charge in [-0.1, -0.05) is 0 Å². The standard InChI is InChI=1S/C19H24N8OS/c1-12-8-14(29-15(12)11-26(2)3)17-23-16(13-9-21-18(20)22-10-13)24-19(25-17)27-4-6-28-7-5-27/h8-10H,4-7,11H2,1-3H3,(H2,20,21,22). The normalized spacial score (nSPS) is 14.6. The van der Waals surface area contributed by atoms with Gasteiger partial charge in [0.15, 0.2) is 11.6 Å². The second-order valence-corrected chi connectivity index (χ2v) is 8.30. The van der Waals surface area contributed by atoms with E-state index in [1.54, 1.807) is 23.7 Å². The number of nitrogens with zero attached hydrogens (tertiary/aromatic N) is 7. The maximum Gasteiger partial charge on any atom is 0.229 e. The molecule has 0 saturated carbocycles. The molecular weight excluding hydrogens is 388 g/mol. The summed E-state index contributed by atoms with van der Waals surface area (Å²) in [5.74, 6) is 2.06. The summed E-state index contributed by atoms with van der Waals surface area (Å²) in [6.07, 6.45) is 3.28. The van der Waals surface area contributed by atoms with Crippen LogP contribution in [0.1, 0.15) is 10.4 Å². The Bertz CT molecular complexity index is 982. The number of anilines is 2. The van der Waals surface area contributed by atoms with E-state index in [0.717, 1.165) is 24.5 Å². The maximum absolute atomic E-state index is 5.63. The predicted octanol–water partition coefficient (Wildman–Crippen LogP) is 1.85. The van der Waals surface area contributed by atoms with Gasteiger partial charge in [0.05, 0.1) is 23.7 Å². The number of aromatic nitrogens is 5. The Morgan fingerprint density at radius 2 is 1.79 bits per heavy atom. The molecule has 1 fully saturated rings. The van der Waals surface area contributed by atoms with E-state index >= 15 is 0 Å². The third kappa shape index (κ3) is 4.50. The summed E-state index contributed by atoms with van der Waals surface area (Å²) >= 11 is 1.71. The maximum atomic E-state index is 5.63. The Labute approximate surface area is 173 Å². The van der Waals surface area contributed by atoms with Crippen molar-refractivity contribution in [3.8, 4) is 22.1 Å². The lowest BCUT2D eigenvalue weighted by atomic mass is 10.2. The third-order valence-corrected chi connectivity index (χ3v) is 5.77. The minimum atomic E-state index is 0.221. The van der Waals surface area contributed by atoms with Gasteiger partial charge in [0, 0.05) is 36.9 Å². The lowest BCUT2D eigenvalue weighted by Crippen LogP contribution is -2.37. The van der Waals surface area contributed by atoms with Crippen LogP contribution in [0.2, 0.25) is 0 Å². The van der Waals surface area contributed by atoms with Crippen molar-refractivity contribution >= 4 is 23.2 Å². The molecule has 0 aliphatic carbocycles. The molecule has 0 radical (unpaired) electrons. The molecule has 3 aromatic rings. The van der Waals surface area contributed by atoms with Gasteiger partial charge in [-0.3, -0.25) is 0 Å². The van der Waals surface area contributed by atoms with Gasteiger partial charge in [-0.15, -0.1) is 11.3 Å². The number of aryl methyl sites for hydroxylation is 1. The van der Waals surface area contributed by atoms with Crippen LogP contribution in [0.25, 0.3) is 22.1 Å². The van der Waals surface area contributed by atoms with Crippen LogP contribution in [0.3, 0.4) is 0 Å². The minimum Gasteiger partial charge on any atom is -0.378 e. The van der Waals surface area contributed by atoms with E-state index in [1.807, 2.05) is 0 Å². The van der Waals surface area contributed by atoms with E-state index in [-0.39, 0.29) is 5.95 Å². The van der Waals surface area contributed by atoms with Crippen LogP contribution in [0.4, 0.5) is 11.9 Å². The Hall–Kier alpha value is -2.69. The van der Waals surface area contributed by atoms with E-state index in [2.05, 4.69) is 51.8 Å². The lowest BCUT2D eigenvalue weighted by Gasteiger charge is -2.27. The highest BCUT2D eigenvalue weighted by atomic mass is 32.1. The second-order valence-electron chi connectivity index (χ2n) is 7.17. The van der Waals surface area contributed by atoms with Crippen molar-refractivity contribution < 1.29 is 4.74 Å². The molecule has 152 valence electrons. The number of nitrogen functional groups attached to an aromatic ring is 1. The Morgan fingerprint density at radius 1 is 1.10 bits per heavy atom. The van der Waals surface area contributed by atoms with Crippen LogP contribution < -0.4 is 10.6 Å². The smallest absolute Gasteiger partial charge is 0.229 e. The van der Waals surface area contributed by atoms with E-state index in [4.69, 9.17) is 20.4 Å². The van der Waals surface area contributed by atoms with Gasteiger partial charge in [-0.05, 0) is 32.6 Å². The molecule has 3 aromatic heterocycles. The first kappa shape index (κ1) is 19.6. The average Bonchev–Trinajstić information content (AvgIpc) is 3.08. The van der Waals surface area contributed by atoms with Crippen LogP contribution >= 0.6 is 11.3 Å². The fraction of sp³-hybridized carbons (Fsp3) is 0.421. The molecule has 0 aromatic carbocycles. The number of thiophene rings is 1. The number of ether oxygens (including phenoxy) is 1. The third-order valence-electron chi connectivity index (χ3n) is 4.55. The summed E-state index contributed by atoms with van der Waals surface area (Å²) in [6, 6.07) is 2.14. The molecule has 4 rings (SSSR count). The summed E-state index contributed by atoms with van der Waals surface area (Å²) in [5.41, 5.74) is 7.58. The number of hydrogen-bond acceptors (Lipinski definition) is 10. The number of nitrogens with two attached hydrogens (primary N) is 1. The summed E-state index contributed by atoms with van der Waals surface area (Å²) < 4.78 is 5.47. The average molecular weight is 413 g/mol. The molecular formula is C19H24N8OS. The van der Waals surface area contributed by atoms with Crippen LogP contribution in [-0.4, -0.2) is 70.2 Å². The topological polar surface area (TPSA) is 106 Å². The zero-order valence-corrected chi connectivity index (χ0v) is 17.6. The molecule has 1 saturated heterocycles. The van der Waals surface area contributed by atoms with Crippen molar-refractivity contribution in [2.24, 2.45) is 0 Å². The van der Waals surface area contributed by atoms with Crippen LogP contribution in [-0.2, 0) is 11.3 Å². The fourth-order valence-corrected chi connectivity index (χ4v) is 4.26. The van der Waals surface area contributed by atoms with Gasteiger partial charge in [0.25, 0.3) is 0 Å². The molecule has 0 amide bonds. The highest BCUT2D eigenvalue weighted by Gasteiger charge is 2.19. The van der Waals surface area contributed by atoms with Crippen molar-refractivity contribution in [1.82, 2.24) is 29.8 Å². The molecule has 0 unspecified atom stereocenters. The van der Waals surface area contributed by atoms with Crippen molar-refractivity contribution in [3.63, 3.8) is 0 Å². The van der Waals surface area contributed by atoms with Gasteiger partial charge in [0.1, 0.15) is 0 Å². The fourth-order valence-electron chi connectivity index (χ4n) is 3.04. The van der Waals surface area contributed by atoms with E-state index in [1.165, 1.54) is 10.4 Å². The van der Waals surface area contributed by atoms with Crippen molar-refractivity contribution in [2.45, 2.75) is 13.5 Å². The first-order valence-corrected chi connectivity index (χ1v) is 10.2. The molecule has 10 heteroatoms. The van der Waals surface area contributed by atoms with Gasteiger partial charge in [-0.25, -0.2) is 15.0 Å². The van der Waals surface area contributed by atoms with Crippen LogP contribution in [0.15, 0.2) is 18.5 Å². The monoisotopic (exact) mass is 412 g/mol. The van der Waals surface area contributed by atoms with Crippen LogP contribution in [0, 0.1) is 6.92 Å². The molecule has 0 bridgehead atoms. The van der Waals surface area contributed by atoms with Crippen molar-refractivity contribution in [1.29, 1.82) is 0 Å². The van der Waals surface area contributed by atoms with Gasteiger partial charge >= 0.3 is 0 Å². The van der Waals surface area contributed by atoms with Gasteiger partial charge in [0.2, 0.25) is 11.9 Å². The Kier molecular flexibility index (Phi) is 5.65. The molecule has 1 aliphatic heterocycles. The molecule has 4 heterocycles. The zero-order valence-electron chi connectivity index (χ0n) is 16.8. The molecule has 2 N–H and O–H groups in total. The molecule has 9 nitrogen and oxygen atoms in total. The minimum absolute atomic E-state index is 0.221. The first-order valence-electron chi connectivity index (χ1n) is 9.40. The largest absolute Gasteiger partial charge is 0.378 e. The summed E-state index contributed by atoms with van der Waals surface area (Å²) in [4.78, 5) is 29.0. The highest BCUT2D eigenvalue weighted by Crippen LogP contribution is 2.31.